The van der Waals surface area contributed by atoms with Gasteiger partial charge in [0.25, 0.3) is 5.69 Å². The van der Waals surface area contributed by atoms with Gasteiger partial charge < -0.3 is 10.4 Å². The highest BCUT2D eigenvalue weighted by atomic mass is 16.6. The maximum Gasteiger partial charge on any atom is 0.273 e. The van der Waals surface area contributed by atoms with E-state index in [-0.39, 0.29) is 30.0 Å². The number of nitrogens with one attached hydrogen (secondary N) is 1. The molecule has 1 aromatic carbocycles. The average Bonchev–Trinajstić information content (AvgIpc) is 2.95. The van der Waals surface area contributed by atoms with Crippen LogP contribution in [-0.4, -0.2) is 29.1 Å². The van der Waals surface area contributed by atoms with Gasteiger partial charge in [-0.1, -0.05) is 31.0 Å². The van der Waals surface area contributed by atoms with Crippen LogP contribution in [0.25, 0.3) is 0 Å². The van der Waals surface area contributed by atoms with E-state index in [4.69, 9.17) is 0 Å². The van der Waals surface area contributed by atoms with Crippen LogP contribution in [0.3, 0.4) is 0 Å². The number of carbonyl (C=O) groups excluding carboxylic acids is 1. The number of hydrogen-bond acceptors (Lipinski definition) is 4. The number of rotatable bonds is 6. The van der Waals surface area contributed by atoms with Crippen molar-refractivity contribution in [3.8, 4) is 0 Å². The van der Waals surface area contributed by atoms with Gasteiger partial charge in [-0.05, 0) is 12.8 Å². The second-order valence-electron chi connectivity index (χ2n) is 5.70. The predicted molar refractivity (Wildman–Crippen MR) is 77.8 cm³/mol. The Morgan fingerprint density at radius 2 is 2.00 bits per heavy atom. The van der Waals surface area contributed by atoms with Crippen LogP contribution in [-0.2, 0) is 11.2 Å². The highest BCUT2D eigenvalue weighted by Crippen LogP contribution is 2.36. The number of benzene rings is 1. The molecular formula is C15H20N2O4. The Morgan fingerprint density at radius 1 is 1.33 bits per heavy atom. The van der Waals surface area contributed by atoms with Crippen LogP contribution in [0.5, 0.6) is 0 Å². The number of aliphatic hydroxyl groups is 1. The number of amides is 1. The number of carbonyl (C=O) groups is 1. The van der Waals surface area contributed by atoms with E-state index in [2.05, 4.69) is 5.32 Å². The summed E-state index contributed by atoms with van der Waals surface area (Å²) < 4.78 is 0. The van der Waals surface area contributed by atoms with Crippen LogP contribution in [0.15, 0.2) is 24.3 Å². The van der Waals surface area contributed by atoms with Gasteiger partial charge in [0.15, 0.2) is 0 Å². The summed E-state index contributed by atoms with van der Waals surface area (Å²) in [5, 5.41) is 23.2. The van der Waals surface area contributed by atoms with Crippen molar-refractivity contribution in [1.29, 1.82) is 0 Å². The van der Waals surface area contributed by atoms with Gasteiger partial charge in [0.1, 0.15) is 0 Å². The van der Waals surface area contributed by atoms with E-state index in [9.17, 15) is 20.0 Å². The van der Waals surface area contributed by atoms with Crippen molar-refractivity contribution in [2.75, 3.05) is 13.2 Å². The fourth-order valence-corrected chi connectivity index (χ4v) is 2.88. The normalized spacial score (nSPS) is 16.6. The lowest BCUT2D eigenvalue weighted by Crippen LogP contribution is -2.38. The molecule has 1 aliphatic carbocycles. The lowest BCUT2D eigenvalue weighted by Gasteiger charge is -2.26. The Balaban J connectivity index is 1.95. The van der Waals surface area contributed by atoms with Crippen LogP contribution < -0.4 is 5.32 Å². The lowest BCUT2D eigenvalue weighted by atomic mass is 9.87. The van der Waals surface area contributed by atoms with Crippen LogP contribution >= 0.6 is 0 Å². The summed E-state index contributed by atoms with van der Waals surface area (Å²) in [5.74, 6) is -0.246. The van der Waals surface area contributed by atoms with Crippen molar-refractivity contribution < 1.29 is 14.8 Å². The number of aliphatic hydroxyl groups excluding tert-OH is 1. The highest BCUT2D eigenvalue weighted by molar-refractivity contribution is 5.79. The molecule has 0 heterocycles. The molecule has 0 aliphatic heterocycles. The fourth-order valence-electron chi connectivity index (χ4n) is 2.88. The van der Waals surface area contributed by atoms with Crippen molar-refractivity contribution in [3.63, 3.8) is 0 Å². The molecule has 21 heavy (non-hydrogen) atoms. The molecule has 6 heteroatoms. The Kier molecular flexibility index (Phi) is 4.90. The largest absolute Gasteiger partial charge is 0.396 e. The molecule has 0 radical (unpaired) electrons. The van der Waals surface area contributed by atoms with E-state index in [1.165, 1.54) is 6.07 Å². The molecule has 1 saturated carbocycles. The zero-order chi connectivity index (χ0) is 15.3. The molecule has 114 valence electrons. The van der Waals surface area contributed by atoms with Gasteiger partial charge in [-0.25, -0.2) is 0 Å². The predicted octanol–water partition coefficient (Wildman–Crippen LogP) is 1.81. The number of nitrogens with zero attached hydrogens (tertiary/aromatic N) is 1. The molecule has 0 bridgehead atoms. The SMILES string of the molecule is O=C(Cc1ccccc1[N+](=O)[O-])NCC1(CO)CCCC1. The van der Waals surface area contributed by atoms with Crippen LogP contribution in [0, 0.1) is 15.5 Å². The summed E-state index contributed by atoms with van der Waals surface area (Å²) in [6, 6.07) is 6.25. The van der Waals surface area contributed by atoms with Gasteiger partial charge in [0.2, 0.25) is 5.91 Å². The lowest BCUT2D eigenvalue weighted by molar-refractivity contribution is -0.385. The molecule has 6 nitrogen and oxygen atoms in total. The zero-order valence-electron chi connectivity index (χ0n) is 11.9. The molecule has 2 rings (SSSR count). The number of hydrogen-bond donors (Lipinski definition) is 2. The zero-order valence-corrected chi connectivity index (χ0v) is 11.9. The van der Waals surface area contributed by atoms with E-state index in [1.54, 1.807) is 18.2 Å². The summed E-state index contributed by atoms with van der Waals surface area (Å²) >= 11 is 0. The van der Waals surface area contributed by atoms with Gasteiger partial charge in [-0.15, -0.1) is 0 Å². The average molecular weight is 292 g/mol. The highest BCUT2D eigenvalue weighted by Gasteiger charge is 2.33. The summed E-state index contributed by atoms with van der Waals surface area (Å²) in [4.78, 5) is 22.4. The molecule has 1 amide bonds. The molecule has 0 spiro atoms. The second kappa shape index (κ2) is 6.67. The van der Waals surface area contributed by atoms with E-state index in [0.717, 1.165) is 25.7 Å². The summed E-state index contributed by atoms with van der Waals surface area (Å²) in [7, 11) is 0. The Bertz CT molecular complexity index is 524. The monoisotopic (exact) mass is 292 g/mol. The minimum Gasteiger partial charge on any atom is -0.396 e. The molecule has 2 N–H and O–H groups in total. The third-order valence-corrected chi connectivity index (χ3v) is 4.20. The van der Waals surface area contributed by atoms with Gasteiger partial charge in [-0.3, -0.25) is 14.9 Å². The molecule has 1 fully saturated rings. The molecule has 0 unspecified atom stereocenters. The number of para-hydroxylation sites is 1. The summed E-state index contributed by atoms with van der Waals surface area (Å²) in [6.45, 7) is 0.502. The molecular weight excluding hydrogens is 272 g/mol. The maximum atomic E-state index is 12.0. The van der Waals surface area contributed by atoms with Gasteiger partial charge in [0.05, 0.1) is 18.0 Å². The van der Waals surface area contributed by atoms with Crippen molar-refractivity contribution in [3.05, 3.63) is 39.9 Å². The van der Waals surface area contributed by atoms with Crippen LogP contribution in [0.1, 0.15) is 31.2 Å². The van der Waals surface area contributed by atoms with Crippen molar-refractivity contribution in [2.45, 2.75) is 32.1 Å². The summed E-state index contributed by atoms with van der Waals surface area (Å²) in [5.41, 5.74) is 0.160. The first-order valence-electron chi connectivity index (χ1n) is 7.16. The Morgan fingerprint density at radius 3 is 2.62 bits per heavy atom. The molecule has 1 aromatic rings. The Hall–Kier alpha value is -1.95. The van der Waals surface area contributed by atoms with E-state index >= 15 is 0 Å². The van der Waals surface area contributed by atoms with Gasteiger partial charge in [-0.2, -0.15) is 0 Å². The Labute approximate surface area is 123 Å². The molecule has 0 aromatic heterocycles. The van der Waals surface area contributed by atoms with Crippen molar-refractivity contribution in [1.82, 2.24) is 5.32 Å². The van der Waals surface area contributed by atoms with E-state index in [1.807, 2.05) is 0 Å². The number of nitro groups is 1. The molecule has 0 saturated heterocycles. The maximum absolute atomic E-state index is 12.0. The van der Waals surface area contributed by atoms with Crippen molar-refractivity contribution >= 4 is 11.6 Å². The molecule has 0 atom stereocenters. The van der Waals surface area contributed by atoms with Crippen molar-refractivity contribution in [2.24, 2.45) is 5.41 Å². The molecule has 1 aliphatic rings. The second-order valence-corrected chi connectivity index (χ2v) is 5.70. The van der Waals surface area contributed by atoms with E-state index in [0.29, 0.717) is 12.1 Å². The third kappa shape index (κ3) is 3.78. The van der Waals surface area contributed by atoms with Crippen LogP contribution in [0.4, 0.5) is 5.69 Å². The van der Waals surface area contributed by atoms with Gasteiger partial charge in [0, 0.05) is 23.6 Å². The first-order valence-corrected chi connectivity index (χ1v) is 7.16. The minimum atomic E-state index is -0.477. The fraction of sp³-hybridized carbons (Fsp3) is 0.533. The van der Waals surface area contributed by atoms with Gasteiger partial charge >= 0.3 is 0 Å². The van der Waals surface area contributed by atoms with Crippen LogP contribution in [0.2, 0.25) is 0 Å². The number of nitro benzene ring substituents is 1. The standard InChI is InChI=1S/C15H20N2O4/c18-11-15(7-3-4-8-15)10-16-14(19)9-12-5-1-2-6-13(12)17(20)21/h1-2,5-6,18H,3-4,7-11H2,(H,16,19). The first kappa shape index (κ1) is 15.4. The third-order valence-electron chi connectivity index (χ3n) is 4.20. The topological polar surface area (TPSA) is 92.5 Å². The quantitative estimate of drug-likeness (QED) is 0.617. The first-order chi connectivity index (χ1) is 10.1. The minimum absolute atomic E-state index is 0.0152. The summed E-state index contributed by atoms with van der Waals surface area (Å²) in [6.07, 6.45) is 3.95. The van der Waals surface area contributed by atoms with E-state index < -0.39 is 4.92 Å². The smallest absolute Gasteiger partial charge is 0.273 e.